The molecule has 0 saturated carbocycles. The third-order valence-corrected chi connectivity index (χ3v) is 5.59. The van der Waals surface area contributed by atoms with E-state index >= 15 is 0 Å². The number of carboxylic acids is 1. The molecule has 13 heteroatoms. The van der Waals surface area contributed by atoms with Crippen molar-refractivity contribution in [3.63, 3.8) is 0 Å². The fourth-order valence-corrected chi connectivity index (χ4v) is 3.66. The van der Waals surface area contributed by atoms with Crippen molar-refractivity contribution in [1.82, 2.24) is 21.3 Å². The Labute approximate surface area is 219 Å². The zero-order valence-corrected chi connectivity index (χ0v) is 22.6. The number of aliphatic carboxylic acids is 1. The Balaban J connectivity index is 5.53. The number of nitrogens with one attached hydrogen (secondary N) is 5. The Hall–Kier alpha value is -2.93. The molecule has 0 aliphatic rings. The van der Waals surface area contributed by atoms with Crippen molar-refractivity contribution < 1.29 is 24.3 Å². The maximum Gasteiger partial charge on any atom is 0.326 e. The predicted octanol–water partition coefficient (Wildman–Crippen LogP) is -0.663. The van der Waals surface area contributed by atoms with Gasteiger partial charge in [0.2, 0.25) is 17.7 Å². The van der Waals surface area contributed by atoms with Crippen molar-refractivity contribution in [1.29, 1.82) is 5.41 Å². The third-order valence-electron chi connectivity index (χ3n) is 5.59. The Morgan fingerprint density at radius 1 is 0.784 bits per heavy atom. The van der Waals surface area contributed by atoms with E-state index in [0.29, 0.717) is 32.4 Å². The van der Waals surface area contributed by atoms with E-state index in [-0.39, 0.29) is 37.1 Å². The molecular formula is C24H48N8O5. The van der Waals surface area contributed by atoms with Gasteiger partial charge >= 0.3 is 5.97 Å². The number of amides is 3. The molecule has 0 heterocycles. The van der Waals surface area contributed by atoms with Crippen molar-refractivity contribution in [2.24, 2.45) is 29.0 Å². The summed E-state index contributed by atoms with van der Waals surface area (Å²) in [5.74, 6) is -2.98. The molecule has 13 nitrogen and oxygen atoms in total. The van der Waals surface area contributed by atoms with E-state index in [1.807, 2.05) is 27.7 Å². The molecule has 0 aromatic carbocycles. The number of guanidine groups is 1. The summed E-state index contributed by atoms with van der Waals surface area (Å²) in [6.07, 6.45) is 2.92. The number of rotatable bonds is 19. The molecule has 0 aliphatic carbocycles. The number of carbonyl (C=O) groups is 4. The van der Waals surface area contributed by atoms with Crippen LogP contribution in [0.5, 0.6) is 0 Å². The first-order valence-electron chi connectivity index (χ1n) is 13.0. The molecule has 0 aliphatic heterocycles. The minimum absolute atomic E-state index is 0.0215. The minimum Gasteiger partial charge on any atom is -0.480 e. The molecule has 3 amide bonds. The molecule has 214 valence electrons. The maximum absolute atomic E-state index is 13.2. The Morgan fingerprint density at radius 2 is 1.30 bits per heavy atom. The van der Waals surface area contributed by atoms with Crippen LogP contribution in [0.25, 0.3) is 0 Å². The van der Waals surface area contributed by atoms with E-state index in [1.54, 1.807) is 0 Å². The largest absolute Gasteiger partial charge is 0.480 e. The molecule has 37 heavy (non-hydrogen) atoms. The first-order valence-corrected chi connectivity index (χ1v) is 13.0. The Kier molecular flexibility index (Phi) is 16.9. The molecule has 0 spiro atoms. The Morgan fingerprint density at radius 3 is 1.81 bits per heavy atom. The maximum atomic E-state index is 13.2. The van der Waals surface area contributed by atoms with Crippen LogP contribution in [0.2, 0.25) is 0 Å². The zero-order chi connectivity index (χ0) is 28.5. The predicted molar refractivity (Wildman–Crippen MR) is 142 cm³/mol. The standard InChI is InChI=1S/C24H48N8O5/c1-14(2)12-18(22(35)32-19(23(36)37)13-15(3)4)31-21(34)17(9-7-11-29-24(27)28)30-20(33)16(26)8-5-6-10-25/h14-19H,5-13,25-26H2,1-4H3,(H,30,33)(H,31,34)(H,32,35)(H,36,37)(H4,27,28,29)/t16-,17-,18-,19-/m0/s1. The first kappa shape index (κ1) is 34.1. The fourth-order valence-electron chi connectivity index (χ4n) is 3.66. The highest BCUT2D eigenvalue weighted by Gasteiger charge is 2.30. The molecule has 12 N–H and O–H groups in total. The average molecular weight is 529 g/mol. The highest BCUT2D eigenvalue weighted by molar-refractivity contribution is 5.94. The van der Waals surface area contributed by atoms with Crippen LogP contribution in [0.4, 0.5) is 0 Å². The number of hydrogen-bond donors (Lipinski definition) is 9. The van der Waals surface area contributed by atoms with Crippen LogP contribution < -0.4 is 38.5 Å². The molecule has 0 aromatic rings. The highest BCUT2D eigenvalue weighted by atomic mass is 16.4. The lowest BCUT2D eigenvalue weighted by Crippen LogP contribution is -2.57. The Bertz CT molecular complexity index is 747. The first-order chi connectivity index (χ1) is 17.3. The molecule has 0 radical (unpaired) electrons. The number of nitrogens with two attached hydrogens (primary N) is 3. The van der Waals surface area contributed by atoms with E-state index in [4.69, 9.17) is 22.6 Å². The van der Waals surface area contributed by atoms with Gasteiger partial charge in [-0.1, -0.05) is 34.1 Å². The van der Waals surface area contributed by atoms with E-state index in [0.717, 1.165) is 6.42 Å². The second-order valence-electron chi connectivity index (χ2n) is 10.2. The van der Waals surface area contributed by atoms with Gasteiger partial charge in [-0.05, 0) is 56.9 Å². The smallest absolute Gasteiger partial charge is 0.326 e. The van der Waals surface area contributed by atoms with Gasteiger partial charge in [-0.3, -0.25) is 19.8 Å². The van der Waals surface area contributed by atoms with Crippen LogP contribution in [0, 0.1) is 17.2 Å². The lowest BCUT2D eigenvalue weighted by molar-refractivity contribution is -0.143. The van der Waals surface area contributed by atoms with Gasteiger partial charge in [0.05, 0.1) is 6.04 Å². The quantitative estimate of drug-likeness (QED) is 0.0586. The molecule has 0 unspecified atom stereocenters. The van der Waals surface area contributed by atoms with Gasteiger partial charge < -0.3 is 43.6 Å². The number of carboxylic acid groups (broad SMARTS) is 1. The monoisotopic (exact) mass is 528 g/mol. The molecule has 0 bridgehead atoms. The second kappa shape index (κ2) is 18.3. The van der Waals surface area contributed by atoms with E-state index in [9.17, 15) is 24.3 Å². The summed E-state index contributed by atoms with van der Waals surface area (Å²) in [5, 5.41) is 27.3. The van der Waals surface area contributed by atoms with Crippen LogP contribution in [0.1, 0.15) is 72.6 Å². The van der Waals surface area contributed by atoms with Gasteiger partial charge in [-0.2, -0.15) is 0 Å². The number of carbonyl (C=O) groups excluding carboxylic acids is 3. The second-order valence-corrected chi connectivity index (χ2v) is 10.2. The lowest BCUT2D eigenvalue weighted by atomic mass is 10.00. The van der Waals surface area contributed by atoms with Crippen LogP contribution >= 0.6 is 0 Å². The summed E-state index contributed by atoms with van der Waals surface area (Å²) in [6, 6.07) is -3.89. The van der Waals surface area contributed by atoms with Crippen LogP contribution in [-0.2, 0) is 19.2 Å². The number of hydrogen-bond acceptors (Lipinski definition) is 7. The van der Waals surface area contributed by atoms with Gasteiger partial charge in [-0.15, -0.1) is 0 Å². The van der Waals surface area contributed by atoms with Gasteiger partial charge in [0.15, 0.2) is 5.96 Å². The van der Waals surface area contributed by atoms with Crippen LogP contribution in [0.3, 0.4) is 0 Å². The highest BCUT2D eigenvalue weighted by Crippen LogP contribution is 2.10. The van der Waals surface area contributed by atoms with E-state index in [1.165, 1.54) is 0 Å². The summed E-state index contributed by atoms with van der Waals surface area (Å²) >= 11 is 0. The van der Waals surface area contributed by atoms with Gasteiger partial charge in [-0.25, -0.2) is 4.79 Å². The molecule has 0 aromatic heterocycles. The van der Waals surface area contributed by atoms with Crippen molar-refractivity contribution in [2.45, 2.75) is 96.8 Å². The molecule has 4 atom stereocenters. The summed E-state index contributed by atoms with van der Waals surface area (Å²) in [5.41, 5.74) is 16.8. The van der Waals surface area contributed by atoms with Crippen molar-refractivity contribution >= 4 is 29.7 Å². The summed E-state index contributed by atoms with van der Waals surface area (Å²) in [6.45, 7) is 8.25. The zero-order valence-electron chi connectivity index (χ0n) is 22.6. The van der Waals surface area contributed by atoms with Crippen molar-refractivity contribution in [3.05, 3.63) is 0 Å². The van der Waals surface area contributed by atoms with Gasteiger partial charge in [0.1, 0.15) is 18.1 Å². The molecule has 0 rings (SSSR count). The average Bonchev–Trinajstić information content (AvgIpc) is 2.79. The fraction of sp³-hybridized carbons (Fsp3) is 0.792. The topological polar surface area (TPSA) is 239 Å². The molecule has 0 saturated heterocycles. The molecular weight excluding hydrogens is 480 g/mol. The minimum atomic E-state index is -1.15. The summed E-state index contributed by atoms with van der Waals surface area (Å²) in [4.78, 5) is 50.5. The summed E-state index contributed by atoms with van der Waals surface area (Å²) in [7, 11) is 0. The van der Waals surface area contributed by atoms with Crippen molar-refractivity contribution in [2.75, 3.05) is 13.1 Å². The number of unbranched alkanes of at least 4 members (excludes halogenated alkanes) is 1. The van der Waals surface area contributed by atoms with Gasteiger partial charge in [0, 0.05) is 6.54 Å². The van der Waals surface area contributed by atoms with Gasteiger partial charge in [0.25, 0.3) is 0 Å². The summed E-state index contributed by atoms with van der Waals surface area (Å²) < 4.78 is 0. The van der Waals surface area contributed by atoms with E-state index < -0.39 is 47.9 Å². The SMILES string of the molecule is CC(C)C[C@H](NC(=O)[C@H](CC(C)C)NC(=O)[C@H](CCCNC(=N)N)NC(=O)[C@@H](N)CCCCN)C(=O)O. The molecule has 0 fully saturated rings. The third kappa shape index (κ3) is 15.7. The lowest BCUT2D eigenvalue weighted by Gasteiger charge is -2.26. The van der Waals surface area contributed by atoms with E-state index in [2.05, 4.69) is 21.3 Å². The van der Waals surface area contributed by atoms with Crippen LogP contribution in [0.15, 0.2) is 0 Å². The normalized spacial score (nSPS) is 14.4. The van der Waals surface area contributed by atoms with Crippen LogP contribution in [-0.4, -0.2) is 72.0 Å². The van der Waals surface area contributed by atoms with Crippen molar-refractivity contribution in [3.8, 4) is 0 Å².